The molecule has 40 heavy (non-hydrogen) atoms. The minimum atomic E-state index is -3.16. The van der Waals surface area contributed by atoms with Gasteiger partial charge in [0, 0.05) is 6.42 Å². The minimum absolute atomic E-state index is 0.0369. The summed E-state index contributed by atoms with van der Waals surface area (Å²) in [6.45, 7) is 3.45. The summed E-state index contributed by atoms with van der Waals surface area (Å²) in [6, 6.07) is 6.99. The van der Waals surface area contributed by atoms with Gasteiger partial charge in [0.05, 0.1) is 42.4 Å². The Labute approximate surface area is 236 Å². The second-order valence-electron chi connectivity index (χ2n) is 10.5. The van der Waals surface area contributed by atoms with Gasteiger partial charge >= 0.3 is 6.61 Å². The predicted molar refractivity (Wildman–Crippen MR) is 144 cm³/mol. The lowest BCUT2D eigenvalue weighted by molar-refractivity contribution is -0.152. The number of epoxide rings is 1. The minimum Gasteiger partial charge on any atom is -0.361 e. The van der Waals surface area contributed by atoms with Crippen LogP contribution >= 0.6 is 11.3 Å². The Bertz CT molecular complexity index is 1190. The van der Waals surface area contributed by atoms with E-state index in [9.17, 15) is 28.0 Å². The van der Waals surface area contributed by atoms with Crippen LogP contribution < -0.4 is 10.6 Å². The Morgan fingerprint density at radius 1 is 1.12 bits per heavy atom. The van der Waals surface area contributed by atoms with Crippen LogP contribution in [0.2, 0.25) is 0 Å². The van der Waals surface area contributed by atoms with Crippen LogP contribution in [0.4, 0.5) is 8.78 Å². The maximum atomic E-state index is 13.5. The first-order valence-corrected chi connectivity index (χ1v) is 13.9. The second kappa shape index (κ2) is 14.0. The first-order valence-electron chi connectivity index (χ1n) is 13.1. The molecule has 0 spiro atoms. The van der Waals surface area contributed by atoms with Gasteiger partial charge < -0.3 is 20.1 Å². The van der Waals surface area contributed by atoms with Crippen molar-refractivity contribution in [2.75, 3.05) is 13.2 Å². The fourth-order valence-corrected chi connectivity index (χ4v) is 4.88. The molecule has 9 nitrogen and oxygen atoms in total. The van der Waals surface area contributed by atoms with Gasteiger partial charge in [0.15, 0.2) is 11.6 Å². The number of hydrogen-bond donors (Lipinski definition) is 2. The molecule has 0 aliphatic carbocycles. The Morgan fingerprint density at radius 3 is 2.35 bits per heavy atom. The molecular weight excluding hydrogens is 544 g/mol. The van der Waals surface area contributed by atoms with E-state index < -0.39 is 60.8 Å². The molecule has 0 saturated carbocycles. The third-order valence-electron chi connectivity index (χ3n) is 6.50. The van der Waals surface area contributed by atoms with E-state index in [2.05, 4.69) is 20.4 Å². The van der Waals surface area contributed by atoms with Crippen molar-refractivity contribution in [2.45, 2.75) is 71.3 Å². The van der Waals surface area contributed by atoms with Crippen molar-refractivity contribution in [1.82, 2.24) is 15.6 Å². The van der Waals surface area contributed by atoms with E-state index in [-0.39, 0.29) is 24.7 Å². The van der Waals surface area contributed by atoms with Gasteiger partial charge in [0.25, 0.3) is 5.91 Å². The Morgan fingerprint density at radius 2 is 1.80 bits per heavy atom. The van der Waals surface area contributed by atoms with E-state index in [4.69, 9.17) is 4.74 Å². The fraction of sp³-hybridized carbons (Fsp3) is 0.536. The molecule has 2 amide bonds. The molecule has 1 saturated heterocycles. The highest BCUT2D eigenvalue weighted by molar-refractivity contribution is 7.13. The lowest BCUT2D eigenvalue weighted by Gasteiger charge is -2.25. The van der Waals surface area contributed by atoms with Gasteiger partial charge in [-0.25, -0.2) is 4.98 Å². The molecule has 1 aliphatic heterocycles. The first-order chi connectivity index (χ1) is 18.9. The number of carbonyl (C=O) groups is 4. The van der Waals surface area contributed by atoms with Crippen LogP contribution in [0, 0.1) is 18.8 Å². The number of aromatic nitrogens is 1. The molecule has 2 N–H and O–H groups in total. The lowest BCUT2D eigenvalue weighted by atomic mass is 9.91. The quantitative estimate of drug-likeness (QED) is 0.292. The first kappa shape index (κ1) is 31.4. The van der Waals surface area contributed by atoms with Crippen molar-refractivity contribution in [2.24, 2.45) is 11.8 Å². The van der Waals surface area contributed by atoms with Crippen molar-refractivity contribution in [3.8, 4) is 0 Å². The molecule has 218 valence electrons. The van der Waals surface area contributed by atoms with Crippen LogP contribution in [0.3, 0.4) is 0 Å². The molecule has 4 atom stereocenters. The highest BCUT2D eigenvalue weighted by atomic mass is 32.1. The monoisotopic (exact) mass is 579 g/mol. The smallest absolute Gasteiger partial charge is 0.345 e. The number of amides is 2. The molecule has 1 aliphatic rings. The number of Topliss-reactive ketones (excluding diaryl/α,β-unsaturated/α-hetero) is 2. The third-order valence-corrected chi connectivity index (χ3v) is 7.41. The molecule has 3 rings (SSSR count). The van der Waals surface area contributed by atoms with Gasteiger partial charge in [-0.1, -0.05) is 44.2 Å². The Balaban J connectivity index is 1.79. The average Bonchev–Trinajstić information content (AvgIpc) is 3.50. The van der Waals surface area contributed by atoms with Crippen LogP contribution in [-0.2, 0) is 30.3 Å². The molecule has 2 aromatic rings. The highest BCUT2D eigenvalue weighted by Gasteiger charge is 2.50. The summed E-state index contributed by atoms with van der Waals surface area (Å²) in [4.78, 5) is 57.0. The van der Waals surface area contributed by atoms with Gasteiger partial charge in [-0.3, -0.25) is 19.2 Å². The highest BCUT2D eigenvalue weighted by Crippen LogP contribution is 2.30. The molecule has 1 fully saturated rings. The average molecular weight is 580 g/mol. The molecule has 0 radical (unpaired) electrons. The summed E-state index contributed by atoms with van der Waals surface area (Å²) < 4.78 is 35.6. The maximum absolute atomic E-state index is 13.5. The molecule has 2 heterocycles. The number of rotatable bonds is 16. The van der Waals surface area contributed by atoms with Crippen molar-refractivity contribution in [1.29, 1.82) is 0 Å². The van der Waals surface area contributed by atoms with Gasteiger partial charge in [0.2, 0.25) is 5.91 Å². The molecule has 0 unspecified atom stereocenters. The Kier molecular flexibility index (Phi) is 11.0. The number of hydrogen-bond acceptors (Lipinski definition) is 8. The van der Waals surface area contributed by atoms with Crippen LogP contribution in [0.1, 0.15) is 53.9 Å². The SMILES string of the molecule is Cc1ncc(C(=O)N[C@@H](Cc2ccccc2)C(=O)C[C@@H](COC(F)F)C(=O)N[C@@H](CC(C)C)C(=O)[C@@]2(C)CO2)s1. The number of carbonyl (C=O) groups excluding carboxylic acids is 4. The number of benzene rings is 1. The molecule has 0 bridgehead atoms. The van der Waals surface area contributed by atoms with Crippen molar-refractivity contribution >= 4 is 34.7 Å². The van der Waals surface area contributed by atoms with Crippen molar-refractivity contribution < 1.29 is 37.4 Å². The van der Waals surface area contributed by atoms with E-state index in [0.29, 0.717) is 16.3 Å². The number of nitrogens with one attached hydrogen (secondary N) is 2. The van der Waals surface area contributed by atoms with Gasteiger partial charge in [-0.15, -0.1) is 11.3 Å². The molecule has 1 aromatic heterocycles. The number of nitrogens with zero attached hydrogens (tertiary/aromatic N) is 1. The van der Waals surface area contributed by atoms with E-state index in [1.165, 1.54) is 6.20 Å². The summed E-state index contributed by atoms with van der Waals surface area (Å²) in [5.41, 5.74) is -0.246. The number of thiazole rings is 1. The van der Waals surface area contributed by atoms with Crippen molar-refractivity contribution in [3.63, 3.8) is 0 Å². The number of alkyl halides is 2. The number of halogens is 2. The summed E-state index contributed by atoms with van der Waals surface area (Å²) in [6.07, 6.45) is 1.34. The zero-order valence-corrected chi connectivity index (χ0v) is 23.8. The molecular formula is C28H35F2N3O6S. The van der Waals surface area contributed by atoms with E-state index in [1.807, 2.05) is 19.9 Å². The zero-order valence-electron chi connectivity index (χ0n) is 22.9. The lowest BCUT2D eigenvalue weighted by Crippen LogP contribution is -2.50. The normalized spacial score (nSPS) is 18.7. The summed E-state index contributed by atoms with van der Waals surface area (Å²) in [7, 11) is 0. The molecule has 1 aromatic carbocycles. The van der Waals surface area contributed by atoms with Crippen LogP contribution in [-0.4, -0.2) is 65.9 Å². The number of ketones is 2. The van der Waals surface area contributed by atoms with Crippen LogP contribution in [0.25, 0.3) is 0 Å². The van der Waals surface area contributed by atoms with Crippen molar-refractivity contribution in [3.05, 3.63) is 52.0 Å². The summed E-state index contributed by atoms with van der Waals surface area (Å²) >= 11 is 1.16. The van der Waals surface area contributed by atoms with Crippen LogP contribution in [0.15, 0.2) is 36.5 Å². The summed E-state index contributed by atoms with van der Waals surface area (Å²) in [5, 5.41) is 6.02. The predicted octanol–water partition coefficient (Wildman–Crippen LogP) is 3.50. The van der Waals surface area contributed by atoms with E-state index in [0.717, 1.165) is 16.9 Å². The fourth-order valence-electron chi connectivity index (χ4n) is 4.20. The second-order valence-corrected chi connectivity index (χ2v) is 11.7. The largest absolute Gasteiger partial charge is 0.361 e. The maximum Gasteiger partial charge on any atom is 0.345 e. The topological polar surface area (TPSA) is 127 Å². The van der Waals surface area contributed by atoms with Crippen LogP contribution in [0.5, 0.6) is 0 Å². The summed E-state index contributed by atoms with van der Waals surface area (Å²) in [5.74, 6) is -3.41. The standard InChI is InChI=1S/C28H35F2N3O6S/c1-16(2)10-21(24(35)28(4)15-39-28)33-25(36)19(14-38-27(29)30)12-22(34)20(11-18-8-6-5-7-9-18)32-26(37)23-13-31-17(3)40-23/h5-9,13,16,19-21,27H,10-12,14-15H2,1-4H3,(H,32,37)(H,33,36)/t19-,20-,21-,28+/m0/s1. The third kappa shape index (κ3) is 9.24. The van der Waals surface area contributed by atoms with Gasteiger partial charge in [-0.05, 0) is 38.2 Å². The number of aryl methyl sites for hydroxylation is 1. The van der Waals surface area contributed by atoms with E-state index >= 15 is 0 Å². The Hall–Kier alpha value is -3.09. The van der Waals surface area contributed by atoms with E-state index in [1.54, 1.807) is 38.1 Å². The molecule has 12 heteroatoms. The zero-order chi connectivity index (χ0) is 29.4. The number of ether oxygens (including phenoxy) is 2. The van der Waals surface area contributed by atoms with Gasteiger partial charge in [-0.2, -0.15) is 8.78 Å². The van der Waals surface area contributed by atoms with Gasteiger partial charge in [0.1, 0.15) is 10.5 Å².